The maximum Gasteiger partial charge on any atom is 0.303 e. The molecule has 0 aromatic heterocycles. The van der Waals surface area contributed by atoms with Crippen LogP contribution >= 0.6 is 0 Å². The van der Waals surface area contributed by atoms with E-state index in [1.807, 2.05) is 26.0 Å². The molecule has 0 aromatic carbocycles. The van der Waals surface area contributed by atoms with Crippen LogP contribution in [0.3, 0.4) is 0 Å². The molecule has 28 heavy (non-hydrogen) atoms. The van der Waals surface area contributed by atoms with Gasteiger partial charge in [0, 0.05) is 24.7 Å². The van der Waals surface area contributed by atoms with Gasteiger partial charge in [0.2, 0.25) is 0 Å². The second-order valence-electron chi connectivity index (χ2n) is 8.62. The van der Waals surface area contributed by atoms with Crippen molar-refractivity contribution in [2.45, 2.75) is 84.0 Å². The van der Waals surface area contributed by atoms with Crippen molar-refractivity contribution in [3.63, 3.8) is 0 Å². The van der Waals surface area contributed by atoms with E-state index in [0.717, 1.165) is 0 Å². The number of aliphatic carboxylic acids is 1. The van der Waals surface area contributed by atoms with Crippen LogP contribution in [0, 0.1) is 17.3 Å². The van der Waals surface area contributed by atoms with Gasteiger partial charge in [-0.25, -0.2) is 0 Å². The molecule has 1 unspecified atom stereocenters. The van der Waals surface area contributed by atoms with Gasteiger partial charge in [-0.15, -0.1) is 0 Å². The normalized spacial score (nSPS) is 25.6. The van der Waals surface area contributed by atoms with Gasteiger partial charge in [-0.3, -0.25) is 9.59 Å². The number of hydrogen-bond acceptors (Lipinski definition) is 5. The smallest absolute Gasteiger partial charge is 0.303 e. The summed E-state index contributed by atoms with van der Waals surface area (Å²) in [6.07, 6.45) is 8.49. The molecule has 0 aliphatic heterocycles. The summed E-state index contributed by atoms with van der Waals surface area (Å²) in [6, 6.07) is 0. The number of carboxylic acid groups (broad SMARTS) is 1. The molecule has 0 spiro atoms. The fourth-order valence-corrected chi connectivity index (χ4v) is 3.48. The van der Waals surface area contributed by atoms with Crippen LogP contribution in [0.5, 0.6) is 0 Å². The van der Waals surface area contributed by atoms with Gasteiger partial charge in [0.05, 0.1) is 18.3 Å². The van der Waals surface area contributed by atoms with Crippen LogP contribution in [0.25, 0.3) is 0 Å². The Morgan fingerprint density at radius 1 is 1.29 bits per heavy atom. The number of aliphatic hydroxyl groups excluding tert-OH is 3. The van der Waals surface area contributed by atoms with Gasteiger partial charge in [0.25, 0.3) is 0 Å². The number of carboxylic acids is 1. The molecule has 1 aliphatic carbocycles. The molecule has 0 radical (unpaired) electrons. The van der Waals surface area contributed by atoms with Crippen LogP contribution < -0.4 is 0 Å². The standard InChI is InChI=1S/C22H36O6/c1-15(23)12-13-22(2,3)20(26)11-10-17-16(18(24)14-19(17)25)8-6-4-5-7-9-21(27)28/h4,6,10-11,15-17,19-20,23,25-26H,5,7-9,12-14H2,1-3H3,(H,27,28)/t15?,16-,17-,19-,20-/m1/s1. The zero-order chi connectivity index (χ0) is 21.3. The Labute approximate surface area is 168 Å². The SMILES string of the molecule is CC(O)CCC(C)(C)[C@H](O)C=C[C@H]1[C@H](O)CC(=O)[C@@H]1CC=CCCCC(=O)O. The minimum absolute atomic E-state index is 0.0141. The van der Waals surface area contributed by atoms with Gasteiger partial charge in [0.1, 0.15) is 5.78 Å². The van der Waals surface area contributed by atoms with Crippen molar-refractivity contribution in [3.8, 4) is 0 Å². The van der Waals surface area contributed by atoms with Crippen molar-refractivity contribution < 1.29 is 30.0 Å². The predicted octanol–water partition coefficient (Wildman–Crippen LogP) is 2.86. The Morgan fingerprint density at radius 2 is 1.96 bits per heavy atom. The molecule has 0 amide bonds. The Morgan fingerprint density at radius 3 is 2.57 bits per heavy atom. The number of allylic oxidation sites excluding steroid dienone is 2. The van der Waals surface area contributed by atoms with E-state index in [-0.39, 0.29) is 30.5 Å². The minimum atomic E-state index is -0.817. The first-order chi connectivity index (χ1) is 13.0. The lowest BCUT2D eigenvalue weighted by Crippen LogP contribution is -2.29. The van der Waals surface area contributed by atoms with E-state index < -0.39 is 29.7 Å². The molecule has 6 nitrogen and oxygen atoms in total. The van der Waals surface area contributed by atoms with E-state index in [2.05, 4.69) is 0 Å². The van der Waals surface area contributed by atoms with Crippen LogP contribution in [0.4, 0.5) is 0 Å². The van der Waals surface area contributed by atoms with Crippen LogP contribution in [-0.2, 0) is 9.59 Å². The van der Waals surface area contributed by atoms with Gasteiger partial charge in [-0.05, 0) is 44.4 Å². The zero-order valence-corrected chi connectivity index (χ0v) is 17.3. The summed E-state index contributed by atoms with van der Waals surface area (Å²) >= 11 is 0. The molecule has 0 aromatic rings. The highest BCUT2D eigenvalue weighted by Crippen LogP contribution is 2.35. The Bertz CT molecular complexity index is 563. The summed E-state index contributed by atoms with van der Waals surface area (Å²) in [5.41, 5.74) is -0.416. The Hall–Kier alpha value is -1.50. The molecule has 1 aliphatic rings. The lowest BCUT2D eigenvalue weighted by Gasteiger charge is -2.29. The highest BCUT2D eigenvalue weighted by atomic mass is 16.4. The molecule has 0 heterocycles. The van der Waals surface area contributed by atoms with Crippen molar-refractivity contribution in [1.82, 2.24) is 0 Å². The van der Waals surface area contributed by atoms with Gasteiger partial charge in [0.15, 0.2) is 0 Å². The monoisotopic (exact) mass is 396 g/mol. The number of aliphatic hydroxyl groups is 3. The average Bonchev–Trinajstić information content (AvgIpc) is 2.86. The first-order valence-corrected chi connectivity index (χ1v) is 10.2. The third kappa shape index (κ3) is 8.25. The first kappa shape index (κ1) is 24.5. The number of ketones is 1. The van der Waals surface area contributed by atoms with Crippen molar-refractivity contribution in [3.05, 3.63) is 24.3 Å². The molecule has 1 fully saturated rings. The van der Waals surface area contributed by atoms with Gasteiger partial charge >= 0.3 is 5.97 Å². The van der Waals surface area contributed by atoms with E-state index in [0.29, 0.717) is 32.1 Å². The summed E-state index contributed by atoms with van der Waals surface area (Å²) in [7, 11) is 0. The lowest BCUT2D eigenvalue weighted by atomic mass is 9.80. The fourth-order valence-electron chi connectivity index (χ4n) is 3.48. The van der Waals surface area contributed by atoms with E-state index in [4.69, 9.17) is 5.11 Å². The fraction of sp³-hybridized carbons (Fsp3) is 0.727. The highest BCUT2D eigenvalue weighted by Gasteiger charge is 2.39. The molecule has 6 heteroatoms. The predicted molar refractivity (Wildman–Crippen MR) is 108 cm³/mol. The van der Waals surface area contributed by atoms with E-state index in [9.17, 15) is 24.9 Å². The number of unbranched alkanes of at least 4 members (excludes halogenated alkanes) is 1. The summed E-state index contributed by atoms with van der Waals surface area (Å²) in [6.45, 7) is 5.58. The Kier molecular flexibility index (Phi) is 10.1. The molecule has 0 saturated heterocycles. The van der Waals surface area contributed by atoms with Crippen LogP contribution in [0.2, 0.25) is 0 Å². The molecule has 160 valence electrons. The van der Waals surface area contributed by atoms with Gasteiger partial charge in [-0.2, -0.15) is 0 Å². The molecule has 1 rings (SSSR count). The lowest BCUT2D eigenvalue weighted by molar-refractivity contribution is -0.137. The number of Topliss-reactive ketones (excluding diaryl/α,β-unsaturated/α-hetero) is 1. The number of rotatable bonds is 12. The zero-order valence-electron chi connectivity index (χ0n) is 17.3. The molecular formula is C22H36O6. The summed E-state index contributed by atoms with van der Waals surface area (Å²) in [5.74, 6) is -1.46. The topological polar surface area (TPSA) is 115 Å². The van der Waals surface area contributed by atoms with Crippen molar-refractivity contribution >= 4 is 11.8 Å². The van der Waals surface area contributed by atoms with Gasteiger partial charge < -0.3 is 20.4 Å². The number of carbonyl (C=O) groups is 2. The highest BCUT2D eigenvalue weighted by molar-refractivity contribution is 5.84. The average molecular weight is 397 g/mol. The summed E-state index contributed by atoms with van der Waals surface area (Å²) in [5, 5.41) is 38.8. The number of carbonyl (C=O) groups excluding carboxylic acids is 1. The third-order valence-corrected chi connectivity index (χ3v) is 5.57. The summed E-state index contributed by atoms with van der Waals surface area (Å²) < 4.78 is 0. The van der Waals surface area contributed by atoms with E-state index >= 15 is 0 Å². The minimum Gasteiger partial charge on any atom is -0.481 e. The second kappa shape index (κ2) is 11.5. The quantitative estimate of drug-likeness (QED) is 0.298. The largest absolute Gasteiger partial charge is 0.481 e. The summed E-state index contributed by atoms with van der Waals surface area (Å²) in [4.78, 5) is 22.7. The molecular weight excluding hydrogens is 360 g/mol. The van der Waals surface area contributed by atoms with Crippen molar-refractivity contribution in [1.29, 1.82) is 0 Å². The maximum atomic E-state index is 12.2. The third-order valence-electron chi connectivity index (χ3n) is 5.57. The van der Waals surface area contributed by atoms with Crippen LogP contribution in [0.1, 0.15) is 65.7 Å². The first-order valence-electron chi connectivity index (χ1n) is 10.2. The molecule has 5 atom stereocenters. The molecule has 4 N–H and O–H groups in total. The van der Waals surface area contributed by atoms with Crippen LogP contribution in [-0.4, -0.2) is 50.5 Å². The van der Waals surface area contributed by atoms with Crippen molar-refractivity contribution in [2.24, 2.45) is 17.3 Å². The van der Waals surface area contributed by atoms with E-state index in [1.165, 1.54) is 0 Å². The second-order valence-corrected chi connectivity index (χ2v) is 8.62. The molecule has 1 saturated carbocycles. The van der Waals surface area contributed by atoms with E-state index in [1.54, 1.807) is 19.1 Å². The van der Waals surface area contributed by atoms with Gasteiger partial charge in [-0.1, -0.05) is 38.2 Å². The maximum absolute atomic E-state index is 12.2. The van der Waals surface area contributed by atoms with Crippen LogP contribution in [0.15, 0.2) is 24.3 Å². The number of hydrogen-bond donors (Lipinski definition) is 4. The Balaban J connectivity index is 2.64. The van der Waals surface area contributed by atoms with Crippen molar-refractivity contribution in [2.75, 3.05) is 0 Å². The molecule has 0 bridgehead atoms.